The SMILES string of the molecule is CC(C)Cn1c(N)nc2cc(Br)cnc21. The average Bonchev–Trinajstić information content (AvgIpc) is 2.41. The Morgan fingerprint density at radius 2 is 2.27 bits per heavy atom. The smallest absolute Gasteiger partial charge is 0.202 e. The Balaban J connectivity index is 2.58. The number of aromatic nitrogens is 3. The summed E-state index contributed by atoms with van der Waals surface area (Å²) in [5.41, 5.74) is 7.54. The maximum atomic E-state index is 5.85. The number of nitrogen functional groups attached to an aromatic ring is 1. The highest BCUT2D eigenvalue weighted by Crippen LogP contribution is 2.20. The second-order valence-electron chi connectivity index (χ2n) is 3.97. The molecule has 0 aliphatic heterocycles. The number of hydrogen-bond acceptors (Lipinski definition) is 3. The highest BCUT2D eigenvalue weighted by Gasteiger charge is 2.10. The average molecular weight is 269 g/mol. The van der Waals surface area contributed by atoms with Gasteiger partial charge < -0.3 is 5.73 Å². The van der Waals surface area contributed by atoms with Crippen LogP contribution in [0.5, 0.6) is 0 Å². The van der Waals surface area contributed by atoms with Crippen LogP contribution in [0, 0.1) is 5.92 Å². The topological polar surface area (TPSA) is 56.7 Å². The third-order valence-corrected chi connectivity index (χ3v) is 2.56. The molecule has 80 valence electrons. The van der Waals surface area contributed by atoms with Crippen molar-refractivity contribution in [2.24, 2.45) is 5.92 Å². The van der Waals surface area contributed by atoms with Crippen LogP contribution in [0.4, 0.5) is 5.95 Å². The summed E-state index contributed by atoms with van der Waals surface area (Å²) < 4.78 is 2.87. The molecule has 0 atom stereocenters. The second-order valence-corrected chi connectivity index (χ2v) is 4.89. The molecule has 0 spiro atoms. The first-order valence-electron chi connectivity index (χ1n) is 4.85. The van der Waals surface area contributed by atoms with Gasteiger partial charge in [0.15, 0.2) is 5.65 Å². The van der Waals surface area contributed by atoms with Gasteiger partial charge in [-0.2, -0.15) is 0 Å². The first-order chi connectivity index (χ1) is 7.08. The molecule has 0 bridgehead atoms. The normalized spacial score (nSPS) is 11.5. The van der Waals surface area contributed by atoms with Gasteiger partial charge in [0.2, 0.25) is 5.95 Å². The fourth-order valence-electron chi connectivity index (χ4n) is 1.55. The number of anilines is 1. The molecule has 15 heavy (non-hydrogen) atoms. The lowest BCUT2D eigenvalue weighted by Crippen LogP contribution is -2.08. The molecule has 2 aromatic heterocycles. The lowest BCUT2D eigenvalue weighted by atomic mass is 10.2. The molecule has 5 heteroatoms. The van der Waals surface area contributed by atoms with Crippen molar-refractivity contribution in [2.75, 3.05) is 5.73 Å². The van der Waals surface area contributed by atoms with Crippen molar-refractivity contribution in [1.82, 2.24) is 14.5 Å². The molecule has 0 aromatic carbocycles. The maximum absolute atomic E-state index is 5.85. The van der Waals surface area contributed by atoms with Gasteiger partial charge in [0.25, 0.3) is 0 Å². The van der Waals surface area contributed by atoms with E-state index in [0.29, 0.717) is 11.9 Å². The highest BCUT2D eigenvalue weighted by atomic mass is 79.9. The van der Waals surface area contributed by atoms with Crippen molar-refractivity contribution >= 4 is 33.0 Å². The molecule has 4 nitrogen and oxygen atoms in total. The summed E-state index contributed by atoms with van der Waals surface area (Å²) in [7, 11) is 0. The van der Waals surface area contributed by atoms with Crippen LogP contribution in [0.15, 0.2) is 16.7 Å². The number of imidazole rings is 1. The Kier molecular flexibility index (Phi) is 2.65. The Bertz CT molecular complexity index is 489. The molecule has 0 amide bonds. The number of nitrogens with two attached hydrogens (primary N) is 1. The van der Waals surface area contributed by atoms with Crippen molar-refractivity contribution in [3.8, 4) is 0 Å². The van der Waals surface area contributed by atoms with Crippen molar-refractivity contribution in [3.63, 3.8) is 0 Å². The lowest BCUT2D eigenvalue weighted by Gasteiger charge is -2.07. The van der Waals surface area contributed by atoms with Crippen LogP contribution in [0.2, 0.25) is 0 Å². The molecule has 0 saturated heterocycles. The summed E-state index contributed by atoms with van der Waals surface area (Å²) in [6.07, 6.45) is 1.76. The van der Waals surface area contributed by atoms with Crippen LogP contribution < -0.4 is 5.73 Å². The van der Waals surface area contributed by atoms with E-state index >= 15 is 0 Å². The molecule has 2 heterocycles. The number of nitrogens with zero attached hydrogens (tertiary/aromatic N) is 3. The van der Waals surface area contributed by atoms with E-state index in [1.165, 1.54) is 0 Å². The van der Waals surface area contributed by atoms with E-state index in [0.717, 1.165) is 22.2 Å². The van der Waals surface area contributed by atoms with Gasteiger partial charge in [0, 0.05) is 17.2 Å². The second kappa shape index (κ2) is 3.81. The zero-order valence-corrected chi connectivity index (χ0v) is 10.3. The van der Waals surface area contributed by atoms with Crippen molar-refractivity contribution < 1.29 is 0 Å². The predicted octanol–water partition coefficient (Wildman–Crippen LogP) is 2.43. The first-order valence-corrected chi connectivity index (χ1v) is 5.64. The Morgan fingerprint density at radius 3 is 2.93 bits per heavy atom. The Hall–Kier alpha value is -1.10. The number of rotatable bonds is 2. The van der Waals surface area contributed by atoms with Gasteiger partial charge >= 0.3 is 0 Å². The summed E-state index contributed by atoms with van der Waals surface area (Å²) in [5.74, 6) is 1.06. The monoisotopic (exact) mass is 268 g/mol. The standard InChI is InChI=1S/C10H13BrN4/c1-6(2)5-15-9-8(14-10(15)12)3-7(11)4-13-9/h3-4,6H,5H2,1-2H3,(H2,12,14). The summed E-state index contributed by atoms with van der Waals surface area (Å²) in [5, 5.41) is 0. The van der Waals surface area contributed by atoms with E-state index < -0.39 is 0 Å². The molecule has 2 rings (SSSR count). The fourth-order valence-corrected chi connectivity index (χ4v) is 1.87. The first kappa shape index (κ1) is 10.4. The van der Waals surface area contributed by atoms with Crippen molar-refractivity contribution in [1.29, 1.82) is 0 Å². The quantitative estimate of drug-likeness (QED) is 0.910. The Morgan fingerprint density at radius 1 is 1.53 bits per heavy atom. The van der Waals surface area contributed by atoms with E-state index in [1.54, 1.807) is 6.20 Å². The van der Waals surface area contributed by atoms with Crippen LogP contribution in [-0.2, 0) is 6.54 Å². The van der Waals surface area contributed by atoms with Gasteiger partial charge in [-0.3, -0.25) is 4.57 Å². The third-order valence-electron chi connectivity index (χ3n) is 2.13. The van der Waals surface area contributed by atoms with Crippen molar-refractivity contribution in [2.45, 2.75) is 20.4 Å². The van der Waals surface area contributed by atoms with Gasteiger partial charge in [-0.15, -0.1) is 0 Å². The molecule has 0 saturated carbocycles. The molecule has 2 N–H and O–H groups in total. The third kappa shape index (κ3) is 1.97. The van der Waals surface area contributed by atoms with Crippen LogP contribution in [0.25, 0.3) is 11.2 Å². The van der Waals surface area contributed by atoms with Gasteiger partial charge in [0.05, 0.1) is 0 Å². The van der Waals surface area contributed by atoms with E-state index in [1.807, 2.05) is 10.6 Å². The fraction of sp³-hybridized carbons (Fsp3) is 0.400. The minimum atomic E-state index is 0.523. The Labute approximate surface area is 96.6 Å². The highest BCUT2D eigenvalue weighted by molar-refractivity contribution is 9.10. The summed E-state index contributed by atoms with van der Waals surface area (Å²) in [6.45, 7) is 5.13. The molecular formula is C10H13BrN4. The molecule has 0 unspecified atom stereocenters. The molecule has 0 fully saturated rings. The zero-order chi connectivity index (χ0) is 11.0. The van der Waals surface area contributed by atoms with E-state index in [4.69, 9.17) is 5.73 Å². The number of fused-ring (bicyclic) bond motifs is 1. The number of hydrogen-bond donors (Lipinski definition) is 1. The van der Waals surface area contributed by atoms with Crippen molar-refractivity contribution in [3.05, 3.63) is 16.7 Å². The van der Waals surface area contributed by atoms with Crippen LogP contribution >= 0.6 is 15.9 Å². The van der Waals surface area contributed by atoms with Gasteiger partial charge in [-0.05, 0) is 27.9 Å². The van der Waals surface area contributed by atoms with Gasteiger partial charge in [-0.25, -0.2) is 9.97 Å². The molecule has 2 aromatic rings. The predicted molar refractivity (Wildman–Crippen MR) is 64.5 cm³/mol. The lowest BCUT2D eigenvalue weighted by molar-refractivity contribution is 0.535. The molecular weight excluding hydrogens is 256 g/mol. The summed E-state index contributed by atoms with van der Waals surface area (Å²) in [4.78, 5) is 8.60. The van der Waals surface area contributed by atoms with Crippen LogP contribution in [0.1, 0.15) is 13.8 Å². The van der Waals surface area contributed by atoms with E-state index in [2.05, 4.69) is 39.7 Å². The summed E-state index contributed by atoms with van der Waals surface area (Å²) in [6, 6.07) is 1.93. The summed E-state index contributed by atoms with van der Waals surface area (Å²) >= 11 is 3.36. The minimum absolute atomic E-state index is 0.523. The maximum Gasteiger partial charge on any atom is 0.202 e. The number of halogens is 1. The molecule has 0 radical (unpaired) electrons. The largest absolute Gasteiger partial charge is 0.369 e. The van der Waals surface area contributed by atoms with Crippen LogP contribution in [-0.4, -0.2) is 14.5 Å². The van der Waals surface area contributed by atoms with Gasteiger partial charge in [0.1, 0.15) is 5.52 Å². The van der Waals surface area contributed by atoms with Gasteiger partial charge in [-0.1, -0.05) is 13.8 Å². The van der Waals surface area contributed by atoms with E-state index in [-0.39, 0.29) is 0 Å². The van der Waals surface area contributed by atoms with Crippen LogP contribution in [0.3, 0.4) is 0 Å². The molecule has 0 aliphatic rings. The zero-order valence-electron chi connectivity index (χ0n) is 8.74. The minimum Gasteiger partial charge on any atom is -0.369 e. The molecule has 0 aliphatic carbocycles. The van der Waals surface area contributed by atoms with E-state index in [9.17, 15) is 0 Å². The number of pyridine rings is 1.